The second-order valence-electron chi connectivity index (χ2n) is 5.71. The minimum atomic E-state index is 0.265. The Balaban J connectivity index is 1.64. The summed E-state index contributed by atoms with van der Waals surface area (Å²) >= 11 is 1.54. The Morgan fingerprint density at radius 3 is 2.64 bits per heavy atom. The Bertz CT molecular complexity index is 585. The molecule has 7 heteroatoms. The molecule has 0 spiro atoms. The summed E-state index contributed by atoms with van der Waals surface area (Å²) in [5.74, 6) is 0.653. The quantitative estimate of drug-likeness (QED) is 0.882. The van der Waals surface area contributed by atoms with E-state index >= 15 is 0 Å². The van der Waals surface area contributed by atoms with Crippen LogP contribution in [-0.2, 0) is 4.74 Å². The van der Waals surface area contributed by atoms with Crippen molar-refractivity contribution >= 4 is 22.7 Å². The average molecular weight is 322 g/mol. The summed E-state index contributed by atoms with van der Waals surface area (Å²) in [7, 11) is 0. The van der Waals surface area contributed by atoms with Crippen LogP contribution in [0.25, 0.3) is 5.57 Å². The van der Waals surface area contributed by atoms with E-state index in [2.05, 4.69) is 9.88 Å². The summed E-state index contributed by atoms with van der Waals surface area (Å²) in [4.78, 5) is 9.88. The largest absolute Gasteiger partial charge is 0.510 e. The van der Waals surface area contributed by atoms with E-state index in [0.717, 1.165) is 55.0 Å². The Kier molecular flexibility index (Phi) is 4.46. The number of morpholine rings is 1. The Labute approximate surface area is 134 Å². The normalized spacial score (nSPS) is 20.3. The molecule has 1 aromatic heterocycles. The standard InChI is InChI=1S/C15H22N4O2S/c1-10-11(2)22-15(17-10)13-12(20)9-19(14(13)16)4-3-18-5-7-21-8-6-18/h16,20H,3-9H2,1-2H3. The van der Waals surface area contributed by atoms with E-state index in [-0.39, 0.29) is 5.76 Å². The number of nitrogens with one attached hydrogen (secondary N) is 1. The molecule has 120 valence electrons. The minimum Gasteiger partial charge on any atom is -0.510 e. The van der Waals surface area contributed by atoms with Crippen molar-refractivity contribution < 1.29 is 9.84 Å². The van der Waals surface area contributed by atoms with Crippen LogP contribution in [-0.4, -0.2) is 71.7 Å². The van der Waals surface area contributed by atoms with Crippen LogP contribution in [0.5, 0.6) is 0 Å². The lowest BCUT2D eigenvalue weighted by molar-refractivity contribution is 0.0361. The third-order valence-electron chi connectivity index (χ3n) is 4.21. The summed E-state index contributed by atoms with van der Waals surface area (Å²) in [6.07, 6.45) is 0. The van der Waals surface area contributed by atoms with Gasteiger partial charge in [-0.05, 0) is 13.8 Å². The van der Waals surface area contributed by atoms with Crippen LogP contribution < -0.4 is 0 Å². The predicted molar refractivity (Wildman–Crippen MR) is 87.7 cm³/mol. The van der Waals surface area contributed by atoms with Gasteiger partial charge in [0, 0.05) is 31.1 Å². The van der Waals surface area contributed by atoms with Gasteiger partial charge in [-0.2, -0.15) is 0 Å². The maximum absolute atomic E-state index is 10.3. The lowest BCUT2D eigenvalue weighted by Crippen LogP contribution is -2.42. The van der Waals surface area contributed by atoms with E-state index in [1.165, 1.54) is 0 Å². The second kappa shape index (κ2) is 6.36. The van der Waals surface area contributed by atoms with Gasteiger partial charge in [-0.1, -0.05) is 0 Å². The van der Waals surface area contributed by atoms with Crippen molar-refractivity contribution in [3.05, 3.63) is 21.3 Å². The van der Waals surface area contributed by atoms with E-state index in [4.69, 9.17) is 10.1 Å². The fourth-order valence-corrected chi connectivity index (χ4v) is 3.70. The molecular weight excluding hydrogens is 300 g/mol. The van der Waals surface area contributed by atoms with Gasteiger partial charge in [0.05, 0.1) is 31.0 Å². The van der Waals surface area contributed by atoms with Crippen molar-refractivity contribution in [3.8, 4) is 0 Å². The van der Waals surface area contributed by atoms with Crippen molar-refractivity contribution in [1.82, 2.24) is 14.8 Å². The molecule has 3 rings (SSSR count). The highest BCUT2D eigenvalue weighted by Crippen LogP contribution is 2.31. The molecular formula is C15H22N4O2S. The molecule has 0 saturated carbocycles. The van der Waals surface area contributed by atoms with E-state index < -0.39 is 0 Å². The average Bonchev–Trinajstić information content (AvgIpc) is 2.97. The molecule has 1 fully saturated rings. The SMILES string of the molecule is Cc1nc(C2=C(O)CN(CCN3CCOCC3)C2=N)sc1C. The highest BCUT2D eigenvalue weighted by molar-refractivity contribution is 7.13. The molecule has 1 saturated heterocycles. The molecule has 0 radical (unpaired) electrons. The first kappa shape index (κ1) is 15.5. The summed E-state index contributed by atoms with van der Waals surface area (Å²) in [5.41, 5.74) is 1.57. The number of aliphatic hydroxyl groups excluding tert-OH is 1. The lowest BCUT2D eigenvalue weighted by atomic mass is 10.2. The van der Waals surface area contributed by atoms with E-state index in [0.29, 0.717) is 18.0 Å². The van der Waals surface area contributed by atoms with E-state index in [1.54, 1.807) is 11.3 Å². The van der Waals surface area contributed by atoms with Crippen molar-refractivity contribution in [2.75, 3.05) is 45.9 Å². The van der Waals surface area contributed by atoms with Crippen LogP contribution >= 0.6 is 11.3 Å². The number of aliphatic hydroxyl groups is 1. The highest BCUT2D eigenvalue weighted by atomic mass is 32.1. The number of hydrogen-bond acceptors (Lipinski definition) is 6. The number of rotatable bonds is 4. The van der Waals surface area contributed by atoms with Gasteiger partial charge in [0.1, 0.15) is 16.6 Å². The number of hydrogen-bond donors (Lipinski definition) is 2. The van der Waals surface area contributed by atoms with Gasteiger partial charge in [-0.3, -0.25) is 10.3 Å². The molecule has 1 aromatic rings. The Hall–Kier alpha value is -1.44. The van der Waals surface area contributed by atoms with Crippen molar-refractivity contribution in [1.29, 1.82) is 5.41 Å². The lowest BCUT2D eigenvalue weighted by Gasteiger charge is -2.29. The molecule has 0 atom stereocenters. The van der Waals surface area contributed by atoms with E-state index in [9.17, 15) is 5.11 Å². The van der Waals surface area contributed by atoms with Crippen molar-refractivity contribution in [2.24, 2.45) is 0 Å². The van der Waals surface area contributed by atoms with Gasteiger partial charge >= 0.3 is 0 Å². The maximum Gasteiger partial charge on any atom is 0.135 e. The molecule has 2 aliphatic rings. The molecule has 0 bridgehead atoms. The zero-order valence-electron chi connectivity index (χ0n) is 13.1. The minimum absolute atomic E-state index is 0.265. The fourth-order valence-electron chi connectivity index (χ4n) is 2.72. The van der Waals surface area contributed by atoms with Crippen molar-refractivity contribution in [2.45, 2.75) is 13.8 Å². The van der Waals surface area contributed by atoms with Gasteiger partial charge in [0.25, 0.3) is 0 Å². The van der Waals surface area contributed by atoms with Crippen LogP contribution in [0.4, 0.5) is 0 Å². The van der Waals surface area contributed by atoms with Gasteiger partial charge in [-0.15, -0.1) is 11.3 Å². The maximum atomic E-state index is 10.3. The zero-order valence-corrected chi connectivity index (χ0v) is 13.9. The van der Waals surface area contributed by atoms with Gasteiger partial charge in [-0.25, -0.2) is 4.98 Å². The van der Waals surface area contributed by atoms with Crippen LogP contribution in [0, 0.1) is 19.3 Å². The van der Waals surface area contributed by atoms with Gasteiger partial charge in [0.15, 0.2) is 0 Å². The molecule has 2 aliphatic heterocycles. The summed E-state index contributed by atoms with van der Waals surface area (Å²) in [6.45, 7) is 9.48. The second-order valence-corrected chi connectivity index (χ2v) is 6.91. The summed E-state index contributed by atoms with van der Waals surface area (Å²) in [6, 6.07) is 0. The molecule has 0 amide bonds. The molecule has 0 aromatic carbocycles. The Morgan fingerprint density at radius 1 is 1.27 bits per heavy atom. The van der Waals surface area contributed by atoms with Gasteiger partial charge in [0.2, 0.25) is 0 Å². The molecule has 3 heterocycles. The molecule has 6 nitrogen and oxygen atoms in total. The number of ether oxygens (including phenoxy) is 1. The van der Waals surface area contributed by atoms with E-state index in [1.807, 2.05) is 18.7 Å². The number of amidine groups is 1. The molecule has 2 N–H and O–H groups in total. The molecule has 0 aliphatic carbocycles. The topological polar surface area (TPSA) is 72.7 Å². The first-order valence-electron chi connectivity index (χ1n) is 7.56. The number of aryl methyl sites for hydroxylation is 2. The Morgan fingerprint density at radius 2 is 2.00 bits per heavy atom. The summed E-state index contributed by atoms with van der Waals surface area (Å²) < 4.78 is 5.35. The first-order chi connectivity index (χ1) is 10.6. The molecule has 0 unspecified atom stereocenters. The van der Waals surface area contributed by atoms with Crippen LogP contribution in [0.3, 0.4) is 0 Å². The third-order valence-corrected chi connectivity index (χ3v) is 5.30. The number of aromatic nitrogens is 1. The van der Waals surface area contributed by atoms with Crippen LogP contribution in [0.15, 0.2) is 5.76 Å². The summed E-state index contributed by atoms with van der Waals surface area (Å²) in [5, 5.41) is 19.4. The zero-order chi connectivity index (χ0) is 15.7. The number of nitrogens with zero attached hydrogens (tertiary/aromatic N) is 3. The first-order valence-corrected chi connectivity index (χ1v) is 8.38. The highest BCUT2D eigenvalue weighted by Gasteiger charge is 2.30. The third kappa shape index (κ3) is 3.02. The van der Waals surface area contributed by atoms with Crippen LogP contribution in [0.1, 0.15) is 15.6 Å². The number of thiazole rings is 1. The molecule has 22 heavy (non-hydrogen) atoms. The smallest absolute Gasteiger partial charge is 0.135 e. The van der Waals surface area contributed by atoms with Crippen molar-refractivity contribution in [3.63, 3.8) is 0 Å². The van der Waals surface area contributed by atoms with Crippen LogP contribution in [0.2, 0.25) is 0 Å². The fraction of sp³-hybridized carbons (Fsp3) is 0.600. The predicted octanol–water partition coefficient (Wildman–Crippen LogP) is 1.65. The monoisotopic (exact) mass is 322 g/mol. The van der Waals surface area contributed by atoms with Gasteiger partial charge < -0.3 is 14.7 Å².